The Morgan fingerprint density at radius 3 is 2.37 bits per heavy atom. The van der Waals surface area contributed by atoms with Gasteiger partial charge in [-0.25, -0.2) is 0 Å². The molecule has 5 heteroatoms. The van der Waals surface area contributed by atoms with E-state index in [0.29, 0.717) is 30.3 Å². The van der Waals surface area contributed by atoms with Crippen LogP contribution in [0.15, 0.2) is 16.6 Å². The molecule has 0 aromatic heterocycles. The molecule has 1 aromatic rings. The third-order valence-corrected chi connectivity index (χ3v) is 3.99. The lowest BCUT2D eigenvalue weighted by atomic mass is 9.91. The van der Waals surface area contributed by atoms with E-state index in [9.17, 15) is 4.79 Å². The highest BCUT2D eigenvalue weighted by Gasteiger charge is 2.25. The molecule has 4 nitrogen and oxygen atoms in total. The van der Waals surface area contributed by atoms with Gasteiger partial charge in [0.05, 0.1) is 14.2 Å². The fourth-order valence-corrected chi connectivity index (χ4v) is 2.74. The maximum atomic E-state index is 12.5. The van der Waals surface area contributed by atoms with Gasteiger partial charge in [-0.05, 0) is 40.9 Å². The number of carbonyl (C=O) groups is 1. The second-order valence-corrected chi connectivity index (χ2v) is 5.29. The summed E-state index contributed by atoms with van der Waals surface area (Å²) in [4.78, 5) is 12.5. The van der Waals surface area contributed by atoms with Crippen LogP contribution < -0.4 is 9.47 Å². The first-order valence-corrected chi connectivity index (χ1v) is 7.00. The number of rotatable bonds is 4. The summed E-state index contributed by atoms with van der Waals surface area (Å²) in [7, 11) is 3.14. The van der Waals surface area contributed by atoms with Crippen LogP contribution in [-0.4, -0.2) is 33.2 Å². The molecule has 0 saturated carbocycles. The van der Waals surface area contributed by atoms with Crippen molar-refractivity contribution in [3.8, 4) is 11.5 Å². The van der Waals surface area contributed by atoms with Crippen molar-refractivity contribution in [2.45, 2.75) is 12.8 Å². The maximum Gasteiger partial charge on any atom is 0.167 e. The van der Waals surface area contributed by atoms with Crippen molar-refractivity contribution in [1.29, 1.82) is 0 Å². The minimum atomic E-state index is 0.0307. The first-order chi connectivity index (χ1) is 9.17. The highest BCUT2D eigenvalue weighted by atomic mass is 79.9. The van der Waals surface area contributed by atoms with Crippen LogP contribution in [0.2, 0.25) is 0 Å². The topological polar surface area (TPSA) is 44.8 Å². The molecule has 0 amide bonds. The van der Waals surface area contributed by atoms with Gasteiger partial charge in [-0.3, -0.25) is 4.79 Å². The summed E-state index contributed by atoms with van der Waals surface area (Å²) in [5, 5.41) is 0. The Balaban J connectivity index is 2.30. The lowest BCUT2D eigenvalue weighted by Crippen LogP contribution is -2.23. The number of Topliss-reactive ketones (excluding diaryl/α,β-unsaturated/α-hetero) is 1. The minimum Gasteiger partial charge on any atom is -0.493 e. The van der Waals surface area contributed by atoms with Crippen molar-refractivity contribution >= 4 is 21.7 Å². The van der Waals surface area contributed by atoms with Crippen molar-refractivity contribution < 1.29 is 19.0 Å². The fraction of sp³-hybridized carbons (Fsp3) is 0.500. The molecule has 0 N–H and O–H groups in total. The summed E-state index contributed by atoms with van der Waals surface area (Å²) in [6, 6.07) is 3.51. The lowest BCUT2D eigenvalue weighted by Gasteiger charge is -2.21. The Bertz CT molecular complexity index is 467. The smallest absolute Gasteiger partial charge is 0.167 e. The highest BCUT2D eigenvalue weighted by molar-refractivity contribution is 9.10. The van der Waals surface area contributed by atoms with Crippen LogP contribution in [-0.2, 0) is 4.74 Å². The summed E-state index contributed by atoms with van der Waals surface area (Å²) in [6.45, 7) is 1.31. The zero-order valence-electron chi connectivity index (χ0n) is 11.1. The molecule has 1 aliphatic heterocycles. The molecule has 0 spiro atoms. The molecule has 0 aliphatic carbocycles. The average Bonchev–Trinajstić information content (AvgIpc) is 2.47. The molecular formula is C14H17BrO4. The maximum absolute atomic E-state index is 12.5. The molecule has 0 unspecified atom stereocenters. The standard InChI is InChI=1S/C14H17BrO4/c1-17-12-7-10(11(15)8-13(12)18-2)14(16)9-3-5-19-6-4-9/h7-9H,3-6H2,1-2H3. The second-order valence-electron chi connectivity index (χ2n) is 4.44. The molecule has 1 fully saturated rings. The zero-order chi connectivity index (χ0) is 13.8. The minimum absolute atomic E-state index is 0.0307. The summed E-state index contributed by atoms with van der Waals surface area (Å²) in [6.07, 6.45) is 1.55. The van der Waals surface area contributed by atoms with Crippen molar-refractivity contribution in [2.24, 2.45) is 5.92 Å². The van der Waals surface area contributed by atoms with Gasteiger partial charge in [0, 0.05) is 29.2 Å². The first-order valence-electron chi connectivity index (χ1n) is 6.21. The van der Waals surface area contributed by atoms with E-state index in [-0.39, 0.29) is 11.7 Å². The summed E-state index contributed by atoms with van der Waals surface area (Å²) < 4.78 is 16.5. The van der Waals surface area contributed by atoms with E-state index in [4.69, 9.17) is 14.2 Å². The Hall–Kier alpha value is -1.07. The normalized spacial score (nSPS) is 16.2. The summed E-state index contributed by atoms with van der Waals surface area (Å²) in [5.74, 6) is 1.35. The quantitative estimate of drug-likeness (QED) is 0.797. The predicted molar refractivity (Wildman–Crippen MR) is 75.1 cm³/mol. The van der Waals surface area contributed by atoms with Gasteiger partial charge in [-0.2, -0.15) is 0 Å². The van der Waals surface area contributed by atoms with E-state index in [0.717, 1.165) is 17.3 Å². The molecule has 0 atom stereocenters. The highest BCUT2D eigenvalue weighted by Crippen LogP contribution is 2.35. The molecule has 1 aliphatic rings. The van der Waals surface area contributed by atoms with Crippen LogP contribution >= 0.6 is 15.9 Å². The Labute approximate surface area is 121 Å². The van der Waals surface area contributed by atoms with Crippen molar-refractivity contribution in [3.63, 3.8) is 0 Å². The van der Waals surface area contributed by atoms with Crippen LogP contribution in [0.1, 0.15) is 23.2 Å². The largest absolute Gasteiger partial charge is 0.493 e. The Morgan fingerprint density at radius 2 is 1.79 bits per heavy atom. The van der Waals surface area contributed by atoms with E-state index < -0.39 is 0 Å². The van der Waals surface area contributed by atoms with E-state index in [1.807, 2.05) is 0 Å². The number of hydrogen-bond acceptors (Lipinski definition) is 4. The second kappa shape index (κ2) is 6.39. The van der Waals surface area contributed by atoms with Gasteiger partial charge in [-0.15, -0.1) is 0 Å². The lowest BCUT2D eigenvalue weighted by molar-refractivity contribution is 0.0544. The third-order valence-electron chi connectivity index (χ3n) is 3.33. The average molecular weight is 329 g/mol. The number of methoxy groups -OCH3 is 2. The predicted octanol–water partition coefficient (Wildman–Crippen LogP) is 3.08. The molecule has 2 rings (SSSR count). The molecular weight excluding hydrogens is 312 g/mol. The summed E-state index contributed by atoms with van der Waals surface area (Å²) >= 11 is 3.43. The molecule has 1 aromatic carbocycles. The van der Waals surface area contributed by atoms with Gasteiger partial charge in [0.1, 0.15) is 0 Å². The number of hydrogen-bond donors (Lipinski definition) is 0. The van der Waals surface area contributed by atoms with Gasteiger partial charge in [0.25, 0.3) is 0 Å². The van der Waals surface area contributed by atoms with Crippen molar-refractivity contribution in [2.75, 3.05) is 27.4 Å². The van der Waals surface area contributed by atoms with Crippen LogP contribution in [0.25, 0.3) is 0 Å². The van der Waals surface area contributed by atoms with E-state index >= 15 is 0 Å². The van der Waals surface area contributed by atoms with Crippen LogP contribution in [0, 0.1) is 5.92 Å². The Morgan fingerprint density at radius 1 is 1.21 bits per heavy atom. The monoisotopic (exact) mass is 328 g/mol. The van der Waals surface area contributed by atoms with E-state index in [1.54, 1.807) is 26.4 Å². The van der Waals surface area contributed by atoms with Gasteiger partial charge >= 0.3 is 0 Å². The molecule has 1 heterocycles. The number of halogens is 1. The van der Waals surface area contributed by atoms with E-state index in [2.05, 4.69) is 15.9 Å². The van der Waals surface area contributed by atoms with Gasteiger partial charge in [0.15, 0.2) is 17.3 Å². The van der Waals surface area contributed by atoms with Gasteiger partial charge in [-0.1, -0.05) is 0 Å². The Kier molecular flexibility index (Phi) is 4.82. The molecule has 0 radical (unpaired) electrons. The van der Waals surface area contributed by atoms with Gasteiger partial charge in [0.2, 0.25) is 0 Å². The van der Waals surface area contributed by atoms with Crippen molar-refractivity contribution in [1.82, 2.24) is 0 Å². The van der Waals surface area contributed by atoms with Crippen LogP contribution in [0.5, 0.6) is 11.5 Å². The molecule has 19 heavy (non-hydrogen) atoms. The SMILES string of the molecule is COc1cc(Br)c(C(=O)C2CCOCC2)cc1OC. The molecule has 0 bridgehead atoms. The van der Waals surface area contributed by atoms with Gasteiger partial charge < -0.3 is 14.2 Å². The first kappa shape index (κ1) is 14.3. The number of carbonyl (C=O) groups excluding carboxylic acids is 1. The number of benzene rings is 1. The number of ether oxygens (including phenoxy) is 3. The van der Waals surface area contributed by atoms with Crippen LogP contribution in [0.3, 0.4) is 0 Å². The zero-order valence-corrected chi connectivity index (χ0v) is 12.7. The summed E-state index contributed by atoms with van der Waals surface area (Å²) in [5.41, 5.74) is 0.643. The van der Waals surface area contributed by atoms with Crippen LogP contribution in [0.4, 0.5) is 0 Å². The third kappa shape index (κ3) is 3.09. The fourth-order valence-electron chi connectivity index (χ4n) is 2.22. The molecule has 104 valence electrons. The van der Waals surface area contributed by atoms with E-state index in [1.165, 1.54) is 0 Å². The van der Waals surface area contributed by atoms with Crippen molar-refractivity contribution in [3.05, 3.63) is 22.2 Å². The molecule has 1 saturated heterocycles. The number of ketones is 1.